The topological polar surface area (TPSA) is 99.2 Å². The molecule has 0 aliphatic carbocycles. The van der Waals surface area contributed by atoms with Crippen LogP contribution in [0.25, 0.3) is 0 Å². The van der Waals surface area contributed by atoms with Crippen LogP contribution < -0.4 is 4.72 Å². The Hall–Kier alpha value is -1.68. The molecular weight excluding hydrogens is 346 g/mol. The number of nitrogens with zero attached hydrogens (tertiary/aromatic N) is 2. The maximum Gasteiger partial charge on any atom is 0.422 e. The molecule has 0 radical (unpaired) electrons. The molecule has 1 aromatic rings. The minimum atomic E-state index is -3.93. The molecule has 25 heavy (non-hydrogen) atoms. The second-order valence-corrected chi connectivity index (χ2v) is 8.33. The summed E-state index contributed by atoms with van der Waals surface area (Å²) in [6, 6.07) is 9.01. The molecule has 1 saturated heterocycles. The standard InChI is InChI=1S/C16H25N3O5S/c1-16(2,21)13-18-8-10-19(11-9-18)25(22,23)17-15(20)24-12-14-6-4-3-5-7-14/h3-7,21H,8-13H2,1-2H3,(H,17,20). The first-order valence-electron chi connectivity index (χ1n) is 8.09. The summed E-state index contributed by atoms with van der Waals surface area (Å²) in [5.41, 5.74) is -0.0594. The molecule has 0 aromatic heterocycles. The number of aliphatic hydroxyl groups is 1. The quantitative estimate of drug-likeness (QED) is 0.757. The molecule has 140 valence electrons. The van der Waals surface area contributed by atoms with Crippen LogP contribution in [0.15, 0.2) is 30.3 Å². The van der Waals surface area contributed by atoms with E-state index in [1.165, 1.54) is 4.31 Å². The zero-order chi connectivity index (χ0) is 18.5. The van der Waals surface area contributed by atoms with E-state index < -0.39 is 21.9 Å². The van der Waals surface area contributed by atoms with Gasteiger partial charge < -0.3 is 9.84 Å². The zero-order valence-electron chi connectivity index (χ0n) is 14.5. The number of hydrogen-bond acceptors (Lipinski definition) is 6. The normalized spacial score (nSPS) is 17.2. The van der Waals surface area contributed by atoms with Gasteiger partial charge in [0.1, 0.15) is 6.61 Å². The molecule has 0 spiro atoms. The fourth-order valence-electron chi connectivity index (χ4n) is 2.60. The summed E-state index contributed by atoms with van der Waals surface area (Å²) >= 11 is 0. The van der Waals surface area contributed by atoms with E-state index >= 15 is 0 Å². The van der Waals surface area contributed by atoms with Crippen molar-refractivity contribution < 1.29 is 23.1 Å². The predicted molar refractivity (Wildman–Crippen MR) is 93.0 cm³/mol. The van der Waals surface area contributed by atoms with Gasteiger partial charge in [-0.1, -0.05) is 30.3 Å². The van der Waals surface area contributed by atoms with Crippen molar-refractivity contribution in [2.24, 2.45) is 0 Å². The number of rotatable bonds is 6. The molecular formula is C16H25N3O5S. The smallest absolute Gasteiger partial charge is 0.422 e. The van der Waals surface area contributed by atoms with Crippen molar-refractivity contribution in [3.05, 3.63) is 35.9 Å². The van der Waals surface area contributed by atoms with Crippen molar-refractivity contribution in [2.75, 3.05) is 32.7 Å². The van der Waals surface area contributed by atoms with Crippen molar-refractivity contribution in [3.63, 3.8) is 0 Å². The van der Waals surface area contributed by atoms with Crippen LogP contribution in [-0.4, -0.2) is 67.1 Å². The maximum atomic E-state index is 12.2. The molecule has 0 unspecified atom stereocenters. The van der Waals surface area contributed by atoms with Crippen molar-refractivity contribution in [3.8, 4) is 0 Å². The highest BCUT2D eigenvalue weighted by atomic mass is 32.2. The lowest BCUT2D eigenvalue weighted by Crippen LogP contribution is -2.54. The molecule has 1 fully saturated rings. The molecule has 1 amide bonds. The fourth-order valence-corrected chi connectivity index (χ4v) is 3.64. The predicted octanol–water partition coefficient (Wildman–Crippen LogP) is 0.546. The van der Waals surface area contributed by atoms with Crippen LogP contribution in [0.5, 0.6) is 0 Å². The van der Waals surface area contributed by atoms with Crippen LogP contribution in [0.1, 0.15) is 19.4 Å². The molecule has 0 atom stereocenters. The largest absolute Gasteiger partial charge is 0.444 e. The van der Waals surface area contributed by atoms with Crippen molar-refractivity contribution in [1.29, 1.82) is 0 Å². The Morgan fingerprint density at radius 3 is 2.36 bits per heavy atom. The summed E-state index contributed by atoms with van der Waals surface area (Å²) in [6.07, 6.45) is -0.997. The molecule has 1 aliphatic rings. The number of hydrogen-bond donors (Lipinski definition) is 2. The van der Waals surface area contributed by atoms with E-state index in [-0.39, 0.29) is 19.7 Å². The van der Waals surface area contributed by atoms with E-state index in [4.69, 9.17) is 4.74 Å². The molecule has 2 rings (SSSR count). The Bertz CT molecular complexity index is 665. The SMILES string of the molecule is CC(C)(O)CN1CCN(S(=O)(=O)NC(=O)OCc2ccccc2)CC1. The fraction of sp³-hybridized carbons (Fsp3) is 0.562. The first kappa shape index (κ1) is 19.6. The number of nitrogens with one attached hydrogen (secondary N) is 1. The summed E-state index contributed by atoms with van der Waals surface area (Å²) < 4.78 is 32.6. The minimum Gasteiger partial charge on any atom is -0.444 e. The van der Waals surface area contributed by atoms with Gasteiger partial charge in [-0.05, 0) is 19.4 Å². The number of carbonyl (C=O) groups is 1. The third-order valence-electron chi connectivity index (χ3n) is 3.71. The lowest BCUT2D eigenvalue weighted by atomic mass is 10.1. The lowest BCUT2D eigenvalue weighted by Gasteiger charge is -2.36. The van der Waals surface area contributed by atoms with E-state index in [0.717, 1.165) is 5.56 Å². The summed E-state index contributed by atoms with van der Waals surface area (Å²) in [4.78, 5) is 13.7. The van der Waals surface area contributed by atoms with E-state index in [1.54, 1.807) is 38.1 Å². The summed E-state index contributed by atoms with van der Waals surface area (Å²) in [5.74, 6) is 0. The average Bonchev–Trinajstić information content (AvgIpc) is 2.52. The van der Waals surface area contributed by atoms with Crippen LogP contribution in [0, 0.1) is 0 Å². The van der Waals surface area contributed by atoms with E-state index in [9.17, 15) is 18.3 Å². The van der Waals surface area contributed by atoms with Crippen LogP contribution in [-0.2, 0) is 21.6 Å². The molecule has 8 nitrogen and oxygen atoms in total. The third-order valence-corrected chi connectivity index (χ3v) is 5.18. The number of carbonyl (C=O) groups excluding carboxylic acids is 1. The van der Waals surface area contributed by atoms with Crippen LogP contribution in [0.3, 0.4) is 0 Å². The highest BCUT2D eigenvalue weighted by molar-refractivity contribution is 7.87. The Labute approximate surface area is 148 Å². The van der Waals surface area contributed by atoms with Crippen LogP contribution in [0.4, 0.5) is 4.79 Å². The molecule has 0 saturated carbocycles. The molecule has 0 bridgehead atoms. The third kappa shape index (κ3) is 6.62. The maximum absolute atomic E-state index is 12.2. The van der Waals surface area contributed by atoms with Gasteiger partial charge in [-0.25, -0.2) is 9.52 Å². The number of benzene rings is 1. The van der Waals surface area contributed by atoms with E-state index in [1.807, 2.05) is 15.7 Å². The van der Waals surface area contributed by atoms with Crippen LogP contribution >= 0.6 is 0 Å². The second kappa shape index (κ2) is 8.13. The van der Waals surface area contributed by atoms with Gasteiger partial charge in [0.15, 0.2) is 0 Å². The monoisotopic (exact) mass is 371 g/mol. The molecule has 1 heterocycles. The number of β-amino-alcohol motifs (C(OH)–C–C–N with tert-alkyl or cyclic N) is 1. The van der Waals surface area contributed by atoms with Crippen molar-refractivity contribution in [2.45, 2.75) is 26.1 Å². The highest BCUT2D eigenvalue weighted by Crippen LogP contribution is 2.11. The first-order chi connectivity index (χ1) is 11.7. The van der Waals surface area contributed by atoms with Gasteiger partial charge in [-0.15, -0.1) is 0 Å². The highest BCUT2D eigenvalue weighted by Gasteiger charge is 2.30. The van der Waals surface area contributed by atoms with Gasteiger partial charge >= 0.3 is 16.3 Å². The van der Waals surface area contributed by atoms with Crippen molar-refractivity contribution in [1.82, 2.24) is 13.9 Å². The minimum absolute atomic E-state index is 0.00154. The van der Waals surface area contributed by atoms with Crippen LogP contribution in [0.2, 0.25) is 0 Å². The summed E-state index contributed by atoms with van der Waals surface area (Å²) in [5, 5.41) is 9.82. The Morgan fingerprint density at radius 1 is 1.20 bits per heavy atom. The van der Waals surface area contributed by atoms with Gasteiger partial charge in [-0.3, -0.25) is 4.90 Å². The summed E-state index contributed by atoms with van der Waals surface area (Å²) in [7, 11) is -3.93. The first-order valence-corrected chi connectivity index (χ1v) is 9.53. The van der Waals surface area contributed by atoms with Gasteiger partial charge in [-0.2, -0.15) is 12.7 Å². The number of amides is 1. The molecule has 1 aromatic carbocycles. The van der Waals surface area contributed by atoms with E-state index in [0.29, 0.717) is 19.6 Å². The molecule has 9 heteroatoms. The summed E-state index contributed by atoms with van der Waals surface area (Å²) in [6.45, 7) is 5.36. The Balaban J connectivity index is 1.80. The van der Waals surface area contributed by atoms with Crippen molar-refractivity contribution >= 4 is 16.3 Å². The average molecular weight is 371 g/mol. The van der Waals surface area contributed by atoms with Gasteiger partial charge in [0.05, 0.1) is 5.60 Å². The van der Waals surface area contributed by atoms with Gasteiger partial charge in [0.25, 0.3) is 0 Å². The zero-order valence-corrected chi connectivity index (χ0v) is 15.3. The second-order valence-electron chi connectivity index (χ2n) is 6.66. The number of piperazine rings is 1. The lowest BCUT2D eigenvalue weighted by molar-refractivity contribution is 0.0262. The van der Waals surface area contributed by atoms with E-state index in [2.05, 4.69) is 0 Å². The Kier molecular flexibility index (Phi) is 6.39. The Morgan fingerprint density at radius 2 is 1.80 bits per heavy atom. The molecule has 2 N–H and O–H groups in total. The van der Waals surface area contributed by atoms with Gasteiger partial charge in [0, 0.05) is 32.7 Å². The van der Waals surface area contributed by atoms with Gasteiger partial charge in [0.2, 0.25) is 0 Å². The number of ether oxygens (including phenoxy) is 1. The molecule has 1 aliphatic heterocycles.